The molecule has 6 nitrogen and oxygen atoms in total. The molecule has 6 rings (SSSR count). The highest BCUT2D eigenvalue weighted by Gasteiger charge is 2.71. The van der Waals surface area contributed by atoms with E-state index in [2.05, 4.69) is 46.4 Å². The number of aliphatic carboxylic acids is 1. The first-order valence-corrected chi connectivity index (χ1v) is 17.5. The molecule has 1 aliphatic heterocycles. The van der Waals surface area contributed by atoms with Crippen molar-refractivity contribution >= 4 is 11.9 Å². The SMILES string of the molecule is CC(COC(=O)CN1CCOCC1)C1CCC2(C(=O)O)CC[C@]3(C)C(CCC4C5(C)CCCC(C)(C)C5CCC43C)C12. The third-order valence-corrected chi connectivity index (χ3v) is 15.4. The number of carboxylic acids is 1. The Morgan fingerprint density at radius 1 is 0.881 bits per heavy atom. The third kappa shape index (κ3) is 4.53. The Labute approximate surface area is 255 Å². The van der Waals surface area contributed by atoms with Gasteiger partial charge in [-0.05, 0) is 121 Å². The summed E-state index contributed by atoms with van der Waals surface area (Å²) in [6, 6.07) is 0. The van der Waals surface area contributed by atoms with Crippen molar-refractivity contribution in [2.45, 2.75) is 112 Å². The van der Waals surface area contributed by atoms with Gasteiger partial charge in [-0.25, -0.2) is 0 Å². The van der Waals surface area contributed by atoms with Crippen molar-refractivity contribution in [1.82, 2.24) is 4.90 Å². The van der Waals surface area contributed by atoms with Gasteiger partial charge in [-0.1, -0.05) is 48.0 Å². The average molecular weight is 586 g/mol. The predicted molar refractivity (Wildman–Crippen MR) is 164 cm³/mol. The normalized spacial score (nSPS) is 47.3. The smallest absolute Gasteiger partial charge is 0.320 e. The van der Waals surface area contributed by atoms with E-state index in [0.717, 1.165) is 50.6 Å². The van der Waals surface area contributed by atoms with E-state index >= 15 is 0 Å². The minimum Gasteiger partial charge on any atom is -0.481 e. The van der Waals surface area contributed by atoms with Gasteiger partial charge in [0.15, 0.2) is 0 Å². The molecule has 6 fully saturated rings. The molecule has 6 aliphatic rings. The largest absolute Gasteiger partial charge is 0.481 e. The summed E-state index contributed by atoms with van der Waals surface area (Å²) < 4.78 is 11.3. The number of morpholine rings is 1. The van der Waals surface area contributed by atoms with E-state index < -0.39 is 11.4 Å². The van der Waals surface area contributed by atoms with Crippen molar-refractivity contribution in [2.75, 3.05) is 39.5 Å². The van der Waals surface area contributed by atoms with Crippen LogP contribution in [0.2, 0.25) is 0 Å². The Kier molecular flexibility index (Phi) is 7.89. The first kappa shape index (κ1) is 30.9. The van der Waals surface area contributed by atoms with Gasteiger partial charge in [-0.3, -0.25) is 14.5 Å². The van der Waals surface area contributed by atoms with E-state index in [4.69, 9.17) is 9.47 Å². The lowest BCUT2D eigenvalue weighted by molar-refractivity contribution is -0.240. The molecule has 1 heterocycles. The summed E-state index contributed by atoms with van der Waals surface area (Å²) >= 11 is 0. The van der Waals surface area contributed by atoms with Crippen molar-refractivity contribution in [3.63, 3.8) is 0 Å². The minimum atomic E-state index is -0.613. The number of hydrogen-bond donors (Lipinski definition) is 1. The molecule has 0 radical (unpaired) electrons. The lowest BCUT2D eigenvalue weighted by Gasteiger charge is -2.72. The van der Waals surface area contributed by atoms with Crippen molar-refractivity contribution < 1.29 is 24.2 Å². The van der Waals surface area contributed by atoms with Gasteiger partial charge in [0.2, 0.25) is 0 Å². The number of carboxylic acid groups (broad SMARTS) is 1. The number of esters is 1. The van der Waals surface area contributed by atoms with Crippen LogP contribution in [0.1, 0.15) is 112 Å². The Morgan fingerprint density at radius 2 is 1.62 bits per heavy atom. The summed E-state index contributed by atoms with van der Waals surface area (Å²) in [5.41, 5.74) is 0.603. The first-order chi connectivity index (χ1) is 19.8. The number of ether oxygens (including phenoxy) is 2. The second-order valence-corrected chi connectivity index (χ2v) is 17.2. The zero-order valence-electron chi connectivity index (χ0n) is 27.5. The maximum absolute atomic E-state index is 13.2. The molecule has 0 bridgehead atoms. The summed E-state index contributed by atoms with van der Waals surface area (Å²) in [6.45, 7) is 18.8. The molecular formula is C36H59NO5. The zero-order chi connectivity index (χ0) is 30.1. The highest BCUT2D eigenvalue weighted by Crippen LogP contribution is 2.77. The molecular weight excluding hydrogens is 526 g/mol. The fraction of sp³-hybridized carbons (Fsp3) is 0.944. The lowest BCUT2D eigenvalue weighted by Crippen LogP contribution is -2.66. The van der Waals surface area contributed by atoms with E-state index in [9.17, 15) is 14.7 Å². The van der Waals surface area contributed by atoms with Gasteiger partial charge >= 0.3 is 11.9 Å². The molecule has 0 aromatic heterocycles. The maximum atomic E-state index is 13.2. The fourth-order valence-corrected chi connectivity index (χ4v) is 13.1. The molecule has 238 valence electrons. The van der Waals surface area contributed by atoms with Crippen molar-refractivity contribution in [3.05, 3.63) is 0 Å². The van der Waals surface area contributed by atoms with E-state index in [-0.39, 0.29) is 28.6 Å². The number of carbonyl (C=O) groups excluding carboxylic acids is 1. The molecule has 5 aliphatic carbocycles. The first-order valence-electron chi connectivity index (χ1n) is 17.5. The van der Waals surface area contributed by atoms with Crippen molar-refractivity contribution in [3.8, 4) is 0 Å². The molecule has 6 heteroatoms. The number of carbonyl (C=O) groups is 2. The van der Waals surface area contributed by atoms with Gasteiger partial charge in [-0.15, -0.1) is 0 Å². The minimum absolute atomic E-state index is 0.157. The highest BCUT2D eigenvalue weighted by atomic mass is 16.5. The molecule has 42 heavy (non-hydrogen) atoms. The van der Waals surface area contributed by atoms with Crippen LogP contribution in [0.5, 0.6) is 0 Å². The molecule has 0 aromatic carbocycles. The molecule has 9 unspecified atom stereocenters. The van der Waals surface area contributed by atoms with Crippen LogP contribution >= 0.6 is 0 Å². The molecule has 10 atom stereocenters. The van der Waals surface area contributed by atoms with E-state index in [1.807, 2.05) is 0 Å². The van der Waals surface area contributed by atoms with Crippen LogP contribution in [-0.2, 0) is 19.1 Å². The topological polar surface area (TPSA) is 76.1 Å². The number of hydrogen-bond acceptors (Lipinski definition) is 5. The number of fused-ring (bicyclic) bond motifs is 7. The zero-order valence-corrected chi connectivity index (χ0v) is 27.5. The van der Waals surface area contributed by atoms with Gasteiger partial charge in [0.25, 0.3) is 0 Å². The van der Waals surface area contributed by atoms with E-state index in [0.29, 0.717) is 49.0 Å². The van der Waals surface area contributed by atoms with Gasteiger partial charge in [-0.2, -0.15) is 0 Å². The molecule has 1 N–H and O–H groups in total. The Bertz CT molecular complexity index is 1050. The Morgan fingerprint density at radius 3 is 2.33 bits per heavy atom. The van der Waals surface area contributed by atoms with Gasteiger partial charge in [0.05, 0.1) is 31.8 Å². The molecule has 5 saturated carbocycles. The third-order valence-electron chi connectivity index (χ3n) is 15.4. The summed E-state index contributed by atoms with van der Waals surface area (Å²) in [6.07, 6.45) is 12.7. The monoisotopic (exact) mass is 585 g/mol. The van der Waals surface area contributed by atoms with Crippen LogP contribution in [-0.4, -0.2) is 61.4 Å². The van der Waals surface area contributed by atoms with E-state index in [1.165, 1.54) is 44.9 Å². The highest BCUT2D eigenvalue weighted by molar-refractivity contribution is 5.76. The maximum Gasteiger partial charge on any atom is 0.320 e. The lowest BCUT2D eigenvalue weighted by atomic mass is 9.32. The van der Waals surface area contributed by atoms with Crippen LogP contribution in [0.3, 0.4) is 0 Å². The summed E-state index contributed by atoms with van der Waals surface area (Å²) in [7, 11) is 0. The van der Waals surface area contributed by atoms with Gasteiger partial charge < -0.3 is 14.6 Å². The Hall–Kier alpha value is -1.14. The standard InChI is InChI=1S/C36H59NO5/c1-24(23-42-29(38)22-37-18-20-41-21-19-37)25-10-15-36(31(39)40)17-16-34(5)26(30(25)36)8-9-28-33(4)13-7-12-32(2,3)27(33)11-14-35(28,34)6/h24-28,30H,7-23H2,1-6H3,(H,39,40)/t24?,25?,26?,27?,28?,30?,33?,34-,35?,36?/m1/s1. The number of rotatable bonds is 6. The summed E-state index contributed by atoms with van der Waals surface area (Å²) in [5.74, 6) is 1.86. The van der Waals surface area contributed by atoms with Crippen LogP contribution in [0.4, 0.5) is 0 Å². The van der Waals surface area contributed by atoms with Crippen LogP contribution in [0, 0.1) is 62.6 Å². The molecule has 0 amide bonds. The predicted octanol–water partition coefficient (Wildman–Crippen LogP) is 7.05. The van der Waals surface area contributed by atoms with Crippen molar-refractivity contribution in [2.24, 2.45) is 62.6 Å². The van der Waals surface area contributed by atoms with Crippen LogP contribution in [0.25, 0.3) is 0 Å². The quantitative estimate of drug-likeness (QED) is 0.337. The second-order valence-electron chi connectivity index (χ2n) is 17.2. The van der Waals surface area contributed by atoms with Crippen LogP contribution < -0.4 is 0 Å². The van der Waals surface area contributed by atoms with Crippen LogP contribution in [0.15, 0.2) is 0 Å². The van der Waals surface area contributed by atoms with Gasteiger partial charge in [0.1, 0.15) is 0 Å². The molecule has 1 saturated heterocycles. The number of nitrogens with zero attached hydrogens (tertiary/aromatic N) is 1. The molecule has 0 spiro atoms. The van der Waals surface area contributed by atoms with Gasteiger partial charge in [0, 0.05) is 13.1 Å². The fourth-order valence-electron chi connectivity index (χ4n) is 13.1. The van der Waals surface area contributed by atoms with Crippen molar-refractivity contribution in [1.29, 1.82) is 0 Å². The average Bonchev–Trinajstić information content (AvgIpc) is 3.33. The summed E-state index contributed by atoms with van der Waals surface area (Å²) in [4.78, 5) is 28.0. The summed E-state index contributed by atoms with van der Waals surface area (Å²) in [5, 5.41) is 10.8. The molecule has 0 aromatic rings. The van der Waals surface area contributed by atoms with E-state index in [1.54, 1.807) is 0 Å². The Balaban J connectivity index is 1.24. The second kappa shape index (κ2) is 10.7.